The van der Waals surface area contributed by atoms with Crippen LogP contribution >= 0.6 is 0 Å². The summed E-state index contributed by atoms with van der Waals surface area (Å²) in [5.74, 6) is -1.63. The number of fused-ring (bicyclic) bond motifs is 2. The van der Waals surface area contributed by atoms with Crippen LogP contribution < -0.4 is 10.5 Å². The number of nitrogen functional groups attached to an aromatic ring is 1. The minimum atomic E-state index is -4.17. The number of aryl methyl sites for hydroxylation is 1. The molecule has 0 saturated heterocycles. The van der Waals surface area contributed by atoms with Gasteiger partial charge in [0.25, 0.3) is 10.0 Å². The van der Waals surface area contributed by atoms with Crippen molar-refractivity contribution in [1.29, 1.82) is 0 Å². The Morgan fingerprint density at radius 3 is 1.94 bits per heavy atom. The smallest absolute Gasteiger partial charge is 0.261 e. The molecule has 0 bridgehead atoms. The van der Waals surface area contributed by atoms with Gasteiger partial charge in [-0.25, -0.2) is 8.42 Å². The van der Waals surface area contributed by atoms with Crippen molar-refractivity contribution in [2.45, 2.75) is 11.8 Å². The molecule has 1 aliphatic rings. The first-order valence-corrected chi connectivity index (χ1v) is 12.5. The average molecular weight is 497 g/mol. The summed E-state index contributed by atoms with van der Waals surface area (Å²) >= 11 is 0. The summed E-state index contributed by atoms with van der Waals surface area (Å²) in [6.07, 6.45) is 0. The molecule has 0 fully saturated rings. The van der Waals surface area contributed by atoms with Crippen LogP contribution in [0.25, 0.3) is 0 Å². The third kappa shape index (κ3) is 3.77. The molecule has 0 aromatic heterocycles. The van der Waals surface area contributed by atoms with E-state index in [1.807, 2.05) is 6.92 Å². The van der Waals surface area contributed by atoms with Gasteiger partial charge in [-0.3, -0.25) is 19.1 Å². The van der Waals surface area contributed by atoms with Gasteiger partial charge in [0.1, 0.15) is 0 Å². The Morgan fingerprint density at radius 1 is 0.778 bits per heavy atom. The van der Waals surface area contributed by atoms with Crippen molar-refractivity contribution in [2.75, 3.05) is 10.5 Å². The lowest BCUT2D eigenvalue weighted by Gasteiger charge is -2.24. The molecule has 0 amide bonds. The van der Waals surface area contributed by atoms with Gasteiger partial charge in [0, 0.05) is 22.3 Å². The number of anilines is 2. The van der Waals surface area contributed by atoms with Crippen LogP contribution in [0.1, 0.15) is 53.3 Å². The lowest BCUT2D eigenvalue weighted by atomic mass is 9.80. The van der Waals surface area contributed by atoms with Gasteiger partial charge in [0.15, 0.2) is 17.3 Å². The number of hydrogen-bond donors (Lipinski definition) is 2. The van der Waals surface area contributed by atoms with Crippen LogP contribution in [0.3, 0.4) is 0 Å². The molecule has 8 heteroatoms. The summed E-state index contributed by atoms with van der Waals surface area (Å²) in [4.78, 5) is 40.3. The molecule has 178 valence electrons. The van der Waals surface area contributed by atoms with Crippen LogP contribution in [0.4, 0.5) is 11.4 Å². The van der Waals surface area contributed by atoms with Crippen LogP contribution in [0.2, 0.25) is 0 Å². The number of carbonyl (C=O) groups excluding carboxylic acids is 3. The Hall–Kier alpha value is -4.56. The Labute approximate surface area is 207 Å². The molecule has 0 atom stereocenters. The molecule has 4 aromatic carbocycles. The van der Waals surface area contributed by atoms with Crippen LogP contribution in [0.5, 0.6) is 0 Å². The highest BCUT2D eigenvalue weighted by Crippen LogP contribution is 2.39. The van der Waals surface area contributed by atoms with Gasteiger partial charge in [-0.2, -0.15) is 0 Å². The molecule has 0 spiro atoms. The number of nitrogens with two attached hydrogens (primary N) is 1. The van der Waals surface area contributed by atoms with E-state index in [9.17, 15) is 22.8 Å². The normalized spacial score (nSPS) is 12.6. The fraction of sp³-hybridized carbons (Fsp3) is 0.0357. The Balaban J connectivity index is 1.75. The molecule has 1 aliphatic carbocycles. The molecule has 7 nitrogen and oxygen atoms in total. The molecular formula is C28H20N2O5S. The first-order chi connectivity index (χ1) is 17.2. The van der Waals surface area contributed by atoms with E-state index >= 15 is 0 Å². The van der Waals surface area contributed by atoms with Crippen molar-refractivity contribution >= 4 is 38.7 Å². The average Bonchev–Trinajstić information content (AvgIpc) is 2.88. The number of nitrogens with one attached hydrogen (secondary N) is 1. The van der Waals surface area contributed by atoms with Crippen molar-refractivity contribution in [3.8, 4) is 0 Å². The SMILES string of the molecule is Cc1ccc(S(=O)(=O)Nc2cc(C(=O)c3ccccc3)c(N)c3c2C(=O)c2ccccc2C3=O)cc1. The quantitative estimate of drug-likeness (QED) is 0.275. The molecule has 0 saturated carbocycles. The molecule has 0 heterocycles. The Kier molecular flexibility index (Phi) is 5.53. The van der Waals surface area contributed by atoms with Crippen LogP contribution in [-0.2, 0) is 10.0 Å². The van der Waals surface area contributed by atoms with Crippen LogP contribution in [-0.4, -0.2) is 25.8 Å². The van der Waals surface area contributed by atoms with Gasteiger partial charge in [0.2, 0.25) is 0 Å². The van der Waals surface area contributed by atoms with Gasteiger partial charge in [-0.1, -0.05) is 72.3 Å². The maximum absolute atomic E-state index is 13.5. The minimum absolute atomic E-state index is 0.0374. The standard InChI is InChI=1S/C28H20N2O5S/c1-16-11-13-18(14-12-16)36(34,35)30-22-15-21(26(31)17-7-3-2-4-8-17)25(29)24-23(22)27(32)19-9-5-6-10-20(19)28(24)33/h2-15,30H,29H2,1H3. The maximum atomic E-state index is 13.5. The molecule has 0 unspecified atom stereocenters. The van der Waals surface area contributed by atoms with E-state index in [4.69, 9.17) is 5.73 Å². The summed E-state index contributed by atoms with van der Waals surface area (Å²) < 4.78 is 28.9. The zero-order valence-corrected chi connectivity index (χ0v) is 19.9. The zero-order valence-electron chi connectivity index (χ0n) is 19.1. The number of ketones is 3. The third-order valence-electron chi connectivity index (χ3n) is 6.09. The van der Waals surface area contributed by atoms with Gasteiger partial charge in [-0.15, -0.1) is 0 Å². The van der Waals surface area contributed by atoms with Gasteiger partial charge < -0.3 is 5.73 Å². The highest BCUT2D eigenvalue weighted by atomic mass is 32.2. The van der Waals surface area contributed by atoms with Crippen LogP contribution in [0, 0.1) is 6.92 Å². The van der Waals surface area contributed by atoms with E-state index < -0.39 is 27.4 Å². The van der Waals surface area contributed by atoms with E-state index in [0.29, 0.717) is 5.56 Å². The Bertz CT molecular complexity index is 1680. The maximum Gasteiger partial charge on any atom is 0.261 e. The molecule has 4 aromatic rings. The first kappa shape index (κ1) is 23.2. The lowest BCUT2D eigenvalue weighted by Crippen LogP contribution is -2.26. The van der Waals surface area contributed by atoms with E-state index in [1.54, 1.807) is 54.6 Å². The van der Waals surface area contributed by atoms with Crippen molar-refractivity contribution in [1.82, 2.24) is 0 Å². The summed E-state index contributed by atoms with van der Waals surface area (Å²) in [7, 11) is -4.17. The van der Waals surface area contributed by atoms with Gasteiger partial charge in [-0.05, 0) is 25.1 Å². The number of sulfonamides is 1. The van der Waals surface area contributed by atoms with E-state index in [2.05, 4.69) is 4.72 Å². The third-order valence-corrected chi connectivity index (χ3v) is 7.48. The molecule has 0 aliphatic heterocycles. The van der Waals surface area contributed by atoms with Crippen LogP contribution in [0.15, 0.2) is 89.8 Å². The number of benzene rings is 4. The van der Waals surface area contributed by atoms with Crippen molar-refractivity contribution < 1.29 is 22.8 Å². The second-order valence-electron chi connectivity index (χ2n) is 8.45. The fourth-order valence-electron chi connectivity index (χ4n) is 4.25. The predicted octanol–water partition coefficient (Wildman–Crippen LogP) is 4.38. The summed E-state index contributed by atoms with van der Waals surface area (Å²) in [5.41, 5.74) is 6.95. The monoisotopic (exact) mass is 496 g/mol. The summed E-state index contributed by atoms with van der Waals surface area (Å²) in [6, 6.07) is 21.9. The molecule has 3 N–H and O–H groups in total. The van der Waals surface area contributed by atoms with Gasteiger partial charge in [0.05, 0.1) is 27.4 Å². The van der Waals surface area contributed by atoms with E-state index in [0.717, 1.165) is 5.56 Å². The second-order valence-corrected chi connectivity index (χ2v) is 10.1. The molecule has 36 heavy (non-hydrogen) atoms. The summed E-state index contributed by atoms with van der Waals surface area (Å²) in [6.45, 7) is 1.82. The van der Waals surface area contributed by atoms with Crippen molar-refractivity contribution in [2.24, 2.45) is 0 Å². The first-order valence-electron chi connectivity index (χ1n) is 11.0. The van der Waals surface area contributed by atoms with Gasteiger partial charge >= 0.3 is 0 Å². The zero-order chi connectivity index (χ0) is 25.6. The van der Waals surface area contributed by atoms with Crippen molar-refractivity contribution in [3.63, 3.8) is 0 Å². The lowest BCUT2D eigenvalue weighted by molar-refractivity contribution is 0.0979. The number of rotatable bonds is 5. The largest absolute Gasteiger partial charge is 0.398 e. The Morgan fingerprint density at radius 2 is 1.33 bits per heavy atom. The number of hydrogen-bond acceptors (Lipinski definition) is 6. The molecule has 5 rings (SSSR count). The highest BCUT2D eigenvalue weighted by molar-refractivity contribution is 7.92. The second kappa shape index (κ2) is 8.58. The highest BCUT2D eigenvalue weighted by Gasteiger charge is 2.36. The number of carbonyl (C=O) groups is 3. The molecule has 0 radical (unpaired) electrons. The fourth-order valence-corrected chi connectivity index (χ4v) is 5.32. The molecular weight excluding hydrogens is 476 g/mol. The predicted molar refractivity (Wildman–Crippen MR) is 136 cm³/mol. The van der Waals surface area contributed by atoms with E-state index in [-0.39, 0.29) is 44.1 Å². The topological polar surface area (TPSA) is 123 Å². The van der Waals surface area contributed by atoms with Crippen molar-refractivity contribution in [3.05, 3.63) is 124 Å². The summed E-state index contributed by atoms with van der Waals surface area (Å²) in [5, 5.41) is 0. The minimum Gasteiger partial charge on any atom is -0.398 e. The van der Waals surface area contributed by atoms with E-state index in [1.165, 1.54) is 30.3 Å².